The number of amides is 1. The molecule has 7 nitrogen and oxygen atoms in total. The number of carbonyl (C=O) groups is 2. The number of hydrogen-bond donors (Lipinski definition) is 3. The van der Waals surface area contributed by atoms with Crippen molar-refractivity contribution in [1.29, 1.82) is 0 Å². The summed E-state index contributed by atoms with van der Waals surface area (Å²) in [5, 5.41) is 7.23. The Balaban J connectivity index is 1.58. The second kappa shape index (κ2) is 8.35. The van der Waals surface area contributed by atoms with E-state index in [4.69, 9.17) is 0 Å². The summed E-state index contributed by atoms with van der Waals surface area (Å²) in [5.74, 6) is -0.978. The highest BCUT2D eigenvalue weighted by molar-refractivity contribution is 7.14. The Kier molecular flexibility index (Phi) is 5.87. The van der Waals surface area contributed by atoms with Gasteiger partial charge in [-0.25, -0.2) is 9.78 Å². The van der Waals surface area contributed by atoms with E-state index < -0.39 is 23.6 Å². The fourth-order valence-corrected chi connectivity index (χ4v) is 3.12. The molecule has 3 aromatic rings. The van der Waals surface area contributed by atoms with Crippen molar-refractivity contribution in [1.82, 2.24) is 9.97 Å². The van der Waals surface area contributed by atoms with Crippen molar-refractivity contribution in [3.8, 4) is 11.3 Å². The van der Waals surface area contributed by atoms with Crippen molar-refractivity contribution in [2.75, 3.05) is 24.3 Å². The van der Waals surface area contributed by atoms with Gasteiger partial charge in [0.2, 0.25) is 5.91 Å². The summed E-state index contributed by atoms with van der Waals surface area (Å²) >= 11 is 1.17. The summed E-state index contributed by atoms with van der Waals surface area (Å²) in [6.07, 6.45) is -2.87. The first kappa shape index (κ1) is 20.4. The van der Waals surface area contributed by atoms with Crippen molar-refractivity contribution >= 4 is 34.0 Å². The van der Waals surface area contributed by atoms with Crippen LogP contribution >= 0.6 is 11.3 Å². The quantitative estimate of drug-likeness (QED) is 0.520. The summed E-state index contributed by atoms with van der Waals surface area (Å²) in [5.41, 5.74) is 0.834. The maximum absolute atomic E-state index is 12.7. The van der Waals surface area contributed by atoms with E-state index in [2.05, 4.69) is 25.3 Å². The lowest BCUT2D eigenvalue weighted by Crippen LogP contribution is -2.21. The number of hydrogen-bond acceptors (Lipinski definition) is 6. The molecule has 3 rings (SSSR count). The second-order valence-corrected chi connectivity index (χ2v) is 6.67. The molecule has 0 aliphatic rings. The highest BCUT2D eigenvalue weighted by Gasteiger charge is 2.30. The van der Waals surface area contributed by atoms with E-state index in [1.54, 1.807) is 17.6 Å². The van der Waals surface area contributed by atoms with Crippen LogP contribution in [0.5, 0.6) is 0 Å². The average Bonchev–Trinajstić information content (AvgIpc) is 3.35. The molecule has 0 unspecified atom stereocenters. The summed E-state index contributed by atoms with van der Waals surface area (Å²) < 4.78 is 42.8. The zero-order chi connectivity index (χ0) is 21.0. The molecule has 0 atom stereocenters. The summed E-state index contributed by atoms with van der Waals surface area (Å²) in [6.45, 7) is -0.229. The Morgan fingerprint density at radius 1 is 1.28 bits per heavy atom. The number of methoxy groups -OCH3 is 1. The van der Waals surface area contributed by atoms with Crippen LogP contribution in [0.1, 0.15) is 16.1 Å². The van der Waals surface area contributed by atoms with Crippen LogP contribution in [0, 0.1) is 0 Å². The van der Waals surface area contributed by atoms with Crippen LogP contribution in [-0.2, 0) is 15.7 Å². The predicted molar refractivity (Wildman–Crippen MR) is 102 cm³/mol. The number of alkyl halides is 3. The van der Waals surface area contributed by atoms with Crippen LogP contribution in [0.4, 0.5) is 24.0 Å². The Labute approximate surface area is 166 Å². The van der Waals surface area contributed by atoms with Gasteiger partial charge in [-0.2, -0.15) is 13.2 Å². The predicted octanol–water partition coefficient (Wildman–Crippen LogP) is 3.99. The fraction of sp³-hybridized carbons (Fsp3) is 0.167. The van der Waals surface area contributed by atoms with Gasteiger partial charge in [0.1, 0.15) is 5.69 Å². The van der Waals surface area contributed by atoms with Crippen LogP contribution in [0.15, 0.2) is 41.9 Å². The molecule has 0 fully saturated rings. The number of anilines is 2. The fourth-order valence-electron chi connectivity index (χ4n) is 2.39. The molecule has 0 saturated heterocycles. The molecule has 0 radical (unpaired) electrons. The third-order valence-corrected chi connectivity index (χ3v) is 4.54. The number of aromatic nitrogens is 2. The Hall–Kier alpha value is -3.34. The highest BCUT2D eigenvalue weighted by Crippen LogP contribution is 2.30. The molecule has 3 N–H and O–H groups in total. The maximum Gasteiger partial charge on any atom is 0.416 e. The Bertz CT molecular complexity index is 1030. The Morgan fingerprint density at radius 3 is 2.79 bits per heavy atom. The number of esters is 1. The molecule has 0 bridgehead atoms. The number of aromatic amines is 1. The average molecular weight is 424 g/mol. The summed E-state index contributed by atoms with van der Waals surface area (Å²) in [6, 6.07) is 6.15. The van der Waals surface area contributed by atoms with Crippen molar-refractivity contribution in [3.05, 3.63) is 53.2 Å². The number of H-pyrrole nitrogens is 1. The second-order valence-electron chi connectivity index (χ2n) is 5.81. The Morgan fingerprint density at radius 2 is 2.07 bits per heavy atom. The highest BCUT2D eigenvalue weighted by atomic mass is 32.1. The normalized spacial score (nSPS) is 11.2. The van der Waals surface area contributed by atoms with Gasteiger partial charge in [0, 0.05) is 22.8 Å². The van der Waals surface area contributed by atoms with E-state index >= 15 is 0 Å². The minimum atomic E-state index is -4.46. The zero-order valence-corrected chi connectivity index (χ0v) is 15.8. The largest absolute Gasteiger partial charge is 0.464 e. The van der Waals surface area contributed by atoms with E-state index in [9.17, 15) is 22.8 Å². The van der Waals surface area contributed by atoms with Crippen LogP contribution in [0.25, 0.3) is 11.3 Å². The van der Waals surface area contributed by atoms with Crippen molar-refractivity contribution in [2.24, 2.45) is 0 Å². The van der Waals surface area contributed by atoms with Gasteiger partial charge >= 0.3 is 12.1 Å². The van der Waals surface area contributed by atoms with Gasteiger partial charge < -0.3 is 20.4 Å². The smallest absolute Gasteiger partial charge is 0.416 e. The first-order valence-corrected chi connectivity index (χ1v) is 9.08. The van der Waals surface area contributed by atoms with Gasteiger partial charge in [-0.05, 0) is 24.3 Å². The van der Waals surface area contributed by atoms with Gasteiger partial charge in [0.15, 0.2) is 5.13 Å². The number of halogens is 3. The summed E-state index contributed by atoms with van der Waals surface area (Å²) in [4.78, 5) is 30.6. The molecule has 0 aliphatic carbocycles. The summed E-state index contributed by atoms with van der Waals surface area (Å²) in [7, 11) is 1.27. The first-order chi connectivity index (χ1) is 13.8. The molecular weight excluding hydrogens is 409 g/mol. The third-order valence-electron chi connectivity index (χ3n) is 3.78. The third kappa shape index (κ3) is 5.13. The molecule has 152 valence electrons. The van der Waals surface area contributed by atoms with E-state index in [1.807, 2.05) is 0 Å². The van der Waals surface area contributed by atoms with Gasteiger partial charge in [0.25, 0.3) is 0 Å². The molecule has 1 aromatic carbocycles. The van der Waals surface area contributed by atoms with Crippen LogP contribution < -0.4 is 10.6 Å². The maximum atomic E-state index is 12.7. The molecule has 2 aromatic heterocycles. The number of thiazole rings is 1. The minimum Gasteiger partial charge on any atom is -0.464 e. The van der Waals surface area contributed by atoms with Crippen LogP contribution in [-0.4, -0.2) is 35.5 Å². The number of carbonyl (C=O) groups excluding carboxylic acids is 2. The minimum absolute atomic E-state index is 0.178. The van der Waals surface area contributed by atoms with Gasteiger partial charge in [-0.15, -0.1) is 11.3 Å². The monoisotopic (exact) mass is 424 g/mol. The molecule has 2 heterocycles. The molecule has 0 saturated carbocycles. The first-order valence-electron chi connectivity index (χ1n) is 8.20. The van der Waals surface area contributed by atoms with E-state index in [1.165, 1.54) is 30.6 Å². The van der Waals surface area contributed by atoms with E-state index in [0.29, 0.717) is 16.4 Å². The molecule has 11 heteroatoms. The molecule has 0 spiro atoms. The molecular formula is C18H15F3N4O3S. The zero-order valence-electron chi connectivity index (χ0n) is 15.0. The number of rotatable bonds is 6. The van der Waals surface area contributed by atoms with E-state index in [0.717, 1.165) is 12.1 Å². The number of benzene rings is 1. The standard InChI is InChI=1S/C18H15F3N4O3S/c1-28-16(27)13-5-10(7-23-13)14-9-29-17(24-14)25-15(26)8-22-12-4-2-3-11(6-12)18(19,20)21/h2-7,9,22-23H,8H2,1H3,(H,24,25,26). The van der Waals surface area contributed by atoms with Gasteiger partial charge in [-0.1, -0.05) is 6.07 Å². The van der Waals surface area contributed by atoms with Crippen molar-refractivity contribution in [2.45, 2.75) is 6.18 Å². The van der Waals surface area contributed by atoms with E-state index in [-0.39, 0.29) is 17.9 Å². The molecule has 29 heavy (non-hydrogen) atoms. The van der Waals surface area contributed by atoms with Crippen LogP contribution in [0.3, 0.4) is 0 Å². The number of nitrogens with one attached hydrogen (secondary N) is 3. The lowest BCUT2D eigenvalue weighted by molar-refractivity contribution is -0.137. The molecule has 0 aliphatic heterocycles. The molecule has 1 amide bonds. The lowest BCUT2D eigenvalue weighted by atomic mass is 10.2. The lowest BCUT2D eigenvalue weighted by Gasteiger charge is -2.10. The van der Waals surface area contributed by atoms with Gasteiger partial charge in [0.05, 0.1) is 24.9 Å². The van der Waals surface area contributed by atoms with Crippen molar-refractivity contribution < 1.29 is 27.5 Å². The SMILES string of the molecule is COC(=O)c1cc(-c2csc(NC(=O)CNc3cccc(C(F)(F)F)c3)n2)c[nH]1. The van der Waals surface area contributed by atoms with Crippen LogP contribution in [0.2, 0.25) is 0 Å². The number of ether oxygens (including phenoxy) is 1. The number of nitrogens with zero attached hydrogens (tertiary/aromatic N) is 1. The van der Waals surface area contributed by atoms with Gasteiger partial charge in [-0.3, -0.25) is 4.79 Å². The topological polar surface area (TPSA) is 96.1 Å². The van der Waals surface area contributed by atoms with Crippen molar-refractivity contribution in [3.63, 3.8) is 0 Å².